The monoisotopic (exact) mass is 538 g/mol. The summed E-state index contributed by atoms with van der Waals surface area (Å²) in [4.78, 5) is 27.6. The Bertz CT molecular complexity index is 843. The van der Waals surface area contributed by atoms with Crippen molar-refractivity contribution in [2.24, 2.45) is 10.9 Å². The summed E-state index contributed by atoms with van der Waals surface area (Å²) in [5.41, 5.74) is 2.06. The SMILES string of the molecule is CCNC(=NCCc1nc2ccccc2[nH]1)NC1CCN(C(=O)C2CCCCC2)C1.I. The second kappa shape index (κ2) is 11.7. The fourth-order valence-corrected chi connectivity index (χ4v) is 4.60. The van der Waals surface area contributed by atoms with Crippen molar-refractivity contribution in [3.63, 3.8) is 0 Å². The van der Waals surface area contributed by atoms with Crippen LogP contribution in [0.1, 0.15) is 51.3 Å². The molecule has 2 heterocycles. The average molecular weight is 538 g/mol. The molecule has 0 bridgehead atoms. The van der Waals surface area contributed by atoms with E-state index in [-0.39, 0.29) is 35.9 Å². The number of guanidine groups is 1. The van der Waals surface area contributed by atoms with Gasteiger partial charge in [0.25, 0.3) is 0 Å². The highest BCUT2D eigenvalue weighted by Crippen LogP contribution is 2.26. The van der Waals surface area contributed by atoms with Gasteiger partial charge in [-0.05, 0) is 38.3 Å². The molecule has 2 fully saturated rings. The van der Waals surface area contributed by atoms with E-state index < -0.39 is 0 Å². The third kappa shape index (κ3) is 6.33. The van der Waals surface area contributed by atoms with Crippen LogP contribution in [0.2, 0.25) is 0 Å². The standard InChI is InChI=1S/C23H34N6O.HI/c1-2-24-23(25-14-12-21-27-19-10-6-7-11-20(19)28-21)26-18-13-15-29(16-18)22(30)17-8-4-3-5-9-17;/h6-7,10-11,17-18H,2-5,8-9,12-16H2,1H3,(H,27,28)(H2,24,25,26);1H. The predicted molar refractivity (Wildman–Crippen MR) is 136 cm³/mol. The van der Waals surface area contributed by atoms with Gasteiger partial charge in [-0.3, -0.25) is 9.79 Å². The summed E-state index contributed by atoms with van der Waals surface area (Å²) in [7, 11) is 0. The quantitative estimate of drug-likeness (QED) is 0.299. The number of H-pyrrole nitrogens is 1. The van der Waals surface area contributed by atoms with Crippen LogP contribution in [0, 0.1) is 5.92 Å². The Balaban J connectivity index is 0.00000272. The van der Waals surface area contributed by atoms with Crippen molar-refractivity contribution in [3.8, 4) is 0 Å². The number of aliphatic imine (C=N–C) groups is 1. The van der Waals surface area contributed by atoms with Gasteiger partial charge in [-0.15, -0.1) is 24.0 Å². The fourth-order valence-electron chi connectivity index (χ4n) is 4.60. The van der Waals surface area contributed by atoms with Gasteiger partial charge >= 0.3 is 0 Å². The molecule has 2 aromatic rings. The molecule has 0 radical (unpaired) electrons. The van der Waals surface area contributed by atoms with Gasteiger partial charge in [0, 0.05) is 44.6 Å². The molecule has 1 aliphatic carbocycles. The van der Waals surface area contributed by atoms with Crippen LogP contribution >= 0.6 is 24.0 Å². The molecule has 7 nitrogen and oxygen atoms in total. The van der Waals surface area contributed by atoms with Crippen molar-refractivity contribution in [2.75, 3.05) is 26.2 Å². The van der Waals surface area contributed by atoms with Crippen LogP contribution in [0.25, 0.3) is 11.0 Å². The Morgan fingerprint density at radius 2 is 2.03 bits per heavy atom. The first kappa shape index (κ1) is 23.8. The molecule has 1 unspecified atom stereocenters. The summed E-state index contributed by atoms with van der Waals surface area (Å²) >= 11 is 0. The van der Waals surface area contributed by atoms with Crippen LogP contribution in [0.5, 0.6) is 0 Å². The smallest absolute Gasteiger partial charge is 0.225 e. The van der Waals surface area contributed by atoms with Crippen LogP contribution in [0.15, 0.2) is 29.3 Å². The van der Waals surface area contributed by atoms with E-state index in [0.717, 1.165) is 68.1 Å². The van der Waals surface area contributed by atoms with Gasteiger partial charge in [0.05, 0.1) is 11.0 Å². The third-order valence-electron chi connectivity index (χ3n) is 6.20. The highest BCUT2D eigenvalue weighted by molar-refractivity contribution is 14.0. The summed E-state index contributed by atoms with van der Waals surface area (Å²) in [5.74, 6) is 2.40. The van der Waals surface area contributed by atoms with Crippen molar-refractivity contribution >= 4 is 46.9 Å². The Kier molecular flexibility index (Phi) is 8.98. The van der Waals surface area contributed by atoms with Gasteiger partial charge in [-0.2, -0.15) is 0 Å². The molecule has 1 amide bonds. The molecule has 1 saturated carbocycles. The van der Waals surface area contributed by atoms with E-state index in [0.29, 0.717) is 12.5 Å². The maximum absolute atomic E-state index is 12.8. The molecule has 0 spiro atoms. The third-order valence-corrected chi connectivity index (χ3v) is 6.20. The van der Waals surface area contributed by atoms with E-state index in [4.69, 9.17) is 4.99 Å². The maximum atomic E-state index is 12.8. The number of nitrogens with one attached hydrogen (secondary N) is 3. The molecule has 3 N–H and O–H groups in total. The number of aromatic amines is 1. The molecule has 1 aliphatic heterocycles. The molecule has 4 rings (SSSR count). The number of fused-ring (bicyclic) bond motifs is 1. The zero-order valence-corrected chi connectivity index (χ0v) is 20.7. The van der Waals surface area contributed by atoms with Crippen molar-refractivity contribution in [1.29, 1.82) is 0 Å². The van der Waals surface area contributed by atoms with Gasteiger partial charge in [0.2, 0.25) is 5.91 Å². The first-order chi connectivity index (χ1) is 14.7. The molecule has 170 valence electrons. The number of carbonyl (C=O) groups excluding carboxylic acids is 1. The van der Waals surface area contributed by atoms with Crippen LogP contribution in [0.3, 0.4) is 0 Å². The number of aromatic nitrogens is 2. The largest absolute Gasteiger partial charge is 0.357 e. The lowest BCUT2D eigenvalue weighted by molar-refractivity contribution is -0.135. The number of para-hydroxylation sites is 2. The van der Waals surface area contributed by atoms with E-state index in [1.165, 1.54) is 19.3 Å². The molecule has 8 heteroatoms. The van der Waals surface area contributed by atoms with Crippen molar-refractivity contribution in [3.05, 3.63) is 30.1 Å². The minimum Gasteiger partial charge on any atom is -0.357 e. The lowest BCUT2D eigenvalue weighted by Gasteiger charge is -2.26. The number of hydrogen-bond acceptors (Lipinski definition) is 3. The van der Waals surface area contributed by atoms with E-state index in [1.54, 1.807) is 0 Å². The highest BCUT2D eigenvalue weighted by atomic mass is 127. The zero-order chi connectivity index (χ0) is 20.8. The van der Waals surface area contributed by atoms with Crippen LogP contribution in [-0.4, -0.2) is 59.0 Å². The van der Waals surface area contributed by atoms with Gasteiger partial charge < -0.3 is 20.5 Å². The van der Waals surface area contributed by atoms with Crippen LogP contribution in [-0.2, 0) is 11.2 Å². The average Bonchev–Trinajstić information content (AvgIpc) is 3.40. The minimum absolute atomic E-state index is 0. The highest BCUT2D eigenvalue weighted by Gasteiger charge is 2.31. The number of imidazole rings is 1. The number of hydrogen-bond donors (Lipinski definition) is 3. The predicted octanol–water partition coefficient (Wildman–Crippen LogP) is 3.46. The molecular weight excluding hydrogens is 503 g/mol. The van der Waals surface area contributed by atoms with E-state index in [1.807, 2.05) is 24.3 Å². The van der Waals surface area contributed by atoms with Gasteiger partial charge in [-0.25, -0.2) is 4.98 Å². The second-order valence-electron chi connectivity index (χ2n) is 8.46. The topological polar surface area (TPSA) is 85.4 Å². The van der Waals surface area contributed by atoms with E-state index >= 15 is 0 Å². The first-order valence-electron chi connectivity index (χ1n) is 11.5. The van der Waals surface area contributed by atoms with Crippen LogP contribution in [0.4, 0.5) is 0 Å². The van der Waals surface area contributed by atoms with E-state index in [2.05, 4.69) is 32.4 Å². The van der Waals surface area contributed by atoms with Crippen molar-refractivity contribution < 1.29 is 4.79 Å². The fraction of sp³-hybridized carbons (Fsp3) is 0.609. The molecule has 1 aromatic carbocycles. The Morgan fingerprint density at radius 1 is 1.23 bits per heavy atom. The summed E-state index contributed by atoms with van der Waals surface area (Å²) in [6.07, 6.45) is 7.57. The second-order valence-corrected chi connectivity index (χ2v) is 8.46. The minimum atomic E-state index is 0. The number of carbonyl (C=O) groups is 1. The Labute approximate surface area is 201 Å². The molecule has 1 saturated heterocycles. The molecule has 1 aromatic heterocycles. The zero-order valence-electron chi connectivity index (χ0n) is 18.4. The number of benzene rings is 1. The maximum Gasteiger partial charge on any atom is 0.225 e. The lowest BCUT2D eigenvalue weighted by atomic mass is 9.88. The number of nitrogens with zero attached hydrogens (tertiary/aromatic N) is 3. The summed E-state index contributed by atoms with van der Waals surface area (Å²) < 4.78 is 0. The summed E-state index contributed by atoms with van der Waals surface area (Å²) in [6.45, 7) is 5.18. The lowest BCUT2D eigenvalue weighted by Crippen LogP contribution is -2.45. The number of halogens is 1. The van der Waals surface area contributed by atoms with Gasteiger partial charge in [-0.1, -0.05) is 31.4 Å². The Hall–Kier alpha value is -1.84. The molecule has 31 heavy (non-hydrogen) atoms. The number of amides is 1. The Morgan fingerprint density at radius 3 is 2.81 bits per heavy atom. The van der Waals surface area contributed by atoms with Gasteiger partial charge in [0.15, 0.2) is 5.96 Å². The molecular formula is C23H35IN6O. The van der Waals surface area contributed by atoms with Gasteiger partial charge in [0.1, 0.15) is 5.82 Å². The van der Waals surface area contributed by atoms with Crippen molar-refractivity contribution in [2.45, 2.75) is 57.9 Å². The normalized spacial score (nSPS) is 20.0. The number of likely N-dealkylation sites (tertiary alicyclic amines) is 1. The van der Waals surface area contributed by atoms with Crippen molar-refractivity contribution in [1.82, 2.24) is 25.5 Å². The van der Waals surface area contributed by atoms with Crippen LogP contribution < -0.4 is 10.6 Å². The first-order valence-corrected chi connectivity index (χ1v) is 11.5. The molecule has 1 atom stereocenters. The summed E-state index contributed by atoms with van der Waals surface area (Å²) in [6, 6.07) is 8.34. The summed E-state index contributed by atoms with van der Waals surface area (Å²) in [5, 5.41) is 6.87. The van der Waals surface area contributed by atoms with E-state index in [9.17, 15) is 4.79 Å². The number of rotatable bonds is 6. The molecule has 2 aliphatic rings.